The molecule has 0 aliphatic carbocycles. The van der Waals surface area contributed by atoms with E-state index >= 15 is 0 Å². The second kappa shape index (κ2) is 13.8. The molecule has 0 saturated heterocycles. The van der Waals surface area contributed by atoms with Crippen molar-refractivity contribution in [1.29, 1.82) is 0 Å². The minimum Gasteiger partial charge on any atom is -0.395 e. The van der Waals surface area contributed by atoms with Gasteiger partial charge in [-0.2, -0.15) is 0 Å². The molecule has 0 saturated carbocycles. The molecular formula is C11H28N2O2. The van der Waals surface area contributed by atoms with Crippen LogP contribution < -0.4 is 0 Å². The fourth-order valence-corrected chi connectivity index (χ4v) is 1.12. The molecule has 0 rings (SSSR count). The molecule has 0 fully saturated rings. The van der Waals surface area contributed by atoms with Crippen LogP contribution in [0.5, 0.6) is 0 Å². The van der Waals surface area contributed by atoms with Gasteiger partial charge in [-0.05, 0) is 26.7 Å². The lowest BCUT2D eigenvalue weighted by atomic mass is 10.5. The number of hydrogen-bond donors (Lipinski definition) is 2. The predicted octanol–water partition coefficient (Wildman–Crippen LogP) is 0.251. The minimum atomic E-state index is 0.163. The van der Waals surface area contributed by atoms with Crippen LogP contribution in [-0.4, -0.2) is 73.0 Å². The highest BCUT2D eigenvalue weighted by molar-refractivity contribution is 4.45. The molecule has 4 nitrogen and oxygen atoms in total. The second-order valence-corrected chi connectivity index (χ2v) is 3.37. The van der Waals surface area contributed by atoms with Gasteiger partial charge < -0.3 is 20.0 Å². The quantitative estimate of drug-likeness (QED) is 0.646. The van der Waals surface area contributed by atoms with Crippen molar-refractivity contribution in [1.82, 2.24) is 9.80 Å². The van der Waals surface area contributed by atoms with Crippen LogP contribution in [0.25, 0.3) is 0 Å². The van der Waals surface area contributed by atoms with Gasteiger partial charge in [-0.3, -0.25) is 0 Å². The third kappa shape index (κ3) is 13.8. The molecule has 0 aromatic carbocycles. The molecule has 0 spiro atoms. The summed E-state index contributed by atoms with van der Waals surface area (Å²) in [4.78, 5) is 4.24. The minimum absolute atomic E-state index is 0.163. The Kier molecular flexibility index (Phi) is 15.9. The van der Waals surface area contributed by atoms with Crippen molar-refractivity contribution in [2.75, 3.05) is 53.0 Å². The van der Waals surface area contributed by atoms with Crippen molar-refractivity contribution >= 4 is 0 Å². The lowest BCUT2D eigenvalue weighted by molar-refractivity contribution is 0.184. The third-order valence-corrected chi connectivity index (χ3v) is 2.31. The molecule has 0 aliphatic rings. The zero-order chi connectivity index (χ0) is 12.1. The standard InChI is InChI=1S/C6H15N.C5H13NO2/c1-4-7(5-2)6-3;1-6(2-4-7)3-5-8/h4-6H2,1-3H3;7-8H,2-5H2,1H3. The summed E-state index contributed by atoms with van der Waals surface area (Å²) in [6.07, 6.45) is 0. The van der Waals surface area contributed by atoms with Crippen LogP contribution in [-0.2, 0) is 0 Å². The highest BCUT2D eigenvalue weighted by atomic mass is 16.3. The second-order valence-electron chi connectivity index (χ2n) is 3.37. The van der Waals surface area contributed by atoms with Crippen LogP contribution in [0.4, 0.5) is 0 Å². The Balaban J connectivity index is 0. The topological polar surface area (TPSA) is 46.9 Å². The molecule has 0 unspecified atom stereocenters. The van der Waals surface area contributed by atoms with E-state index < -0.39 is 0 Å². The number of aliphatic hydroxyl groups is 2. The zero-order valence-electron chi connectivity index (χ0n) is 10.7. The SMILES string of the molecule is CCN(CC)CC.CN(CCO)CCO. The van der Waals surface area contributed by atoms with E-state index in [0.29, 0.717) is 13.1 Å². The molecule has 0 amide bonds. The van der Waals surface area contributed by atoms with Crippen LogP contribution in [0, 0.1) is 0 Å². The Labute approximate surface area is 94.5 Å². The van der Waals surface area contributed by atoms with Crippen molar-refractivity contribution in [3.05, 3.63) is 0 Å². The summed E-state index contributed by atoms with van der Waals surface area (Å²) >= 11 is 0. The smallest absolute Gasteiger partial charge is 0.0558 e. The van der Waals surface area contributed by atoms with E-state index in [9.17, 15) is 0 Å². The van der Waals surface area contributed by atoms with Crippen molar-refractivity contribution in [2.45, 2.75) is 20.8 Å². The Morgan fingerprint density at radius 2 is 1.13 bits per heavy atom. The van der Waals surface area contributed by atoms with Gasteiger partial charge in [0.1, 0.15) is 0 Å². The monoisotopic (exact) mass is 220 g/mol. The molecule has 2 N–H and O–H groups in total. The van der Waals surface area contributed by atoms with Gasteiger partial charge in [0.2, 0.25) is 0 Å². The molecule has 15 heavy (non-hydrogen) atoms. The van der Waals surface area contributed by atoms with E-state index in [1.165, 1.54) is 19.6 Å². The van der Waals surface area contributed by atoms with Crippen LogP contribution in [0.2, 0.25) is 0 Å². The Morgan fingerprint density at radius 1 is 0.800 bits per heavy atom. The summed E-state index contributed by atoms with van der Waals surface area (Å²) in [5.74, 6) is 0. The molecule has 0 bridgehead atoms. The molecule has 0 heterocycles. The third-order valence-electron chi connectivity index (χ3n) is 2.31. The van der Waals surface area contributed by atoms with E-state index in [2.05, 4.69) is 25.7 Å². The molecule has 0 aliphatic heterocycles. The number of nitrogens with zero attached hydrogens (tertiary/aromatic N) is 2. The summed E-state index contributed by atoms with van der Waals surface area (Å²) in [6, 6.07) is 0. The first-order valence-corrected chi connectivity index (χ1v) is 5.78. The van der Waals surface area contributed by atoms with E-state index in [0.717, 1.165) is 0 Å². The van der Waals surface area contributed by atoms with Crippen LogP contribution >= 0.6 is 0 Å². The number of aliphatic hydroxyl groups excluding tert-OH is 2. The molecule has 0 atom stereocenters. The maximum atomic E-state index is 8.34. The van der Waals surface area contributed by atoms with Crippen molar-refractivity contribution in [3.63, 3.8) is 0 Å². The highest BCUT2D eigenvalue weighted by Gasteiger charge is 1.91. The van der Waals surface area contributed by atoms with Crippen LogP contribution in [0.15, 0.2) is 0 Å². The van der Waals surface area contributed by atoms with Gasteiger partial charge in [-0.25, -0.2) is 0 Å². The van der Waals surface area contributed by atoms with Crippen LogP contribution in [0.3, 0.4) is 0 Å². The maximum absolute atomic E-state index is 8.34. The first kappa shape index (κ1) is 17.2. The average molecular weight is 220 g/mol. The van der Waals surface area contributed by atoms with Gasteiger partial charge >= 0.3 is 0 Å². The molecular weight excluding hydrogens is 192 g/mol. The van der Waals surface area contributed by atoms with Gasteiger partial charge in [0.05, 0.1) is 13.2 Å². The molecule has 4 heteroatoms. The van der Waals surface area contributed by atoms with E-state index in [1.807, 2.05) is 11.9 Å². The fourth-order valence-electron chi connectivity index (χ4n) is 1.12. The summed E-state index contributed by atoms with van der Waals surface area (Å²) < 4.78 is 0. The van der Waals surface area contributed by atoms with Gasteiger partial charge in [-0.1, -0.05) is 20.8 Å². The normalized spacial score (nSPS) is 10.4. The largest absolute Gasteiger partial charge is 0.395 e. The number of hydrogen-bond acceptors (Lipinski definition) is 4. The lowest BCUT2D eigenvalue weighted by Gasteiger charge is -2.13. The van der Waals surface area contributed by atoms with Crippen molar-refractivity contribution in [2.24, 2.45) is 0 Å². The Hall–Kier alpha value is -0.160. The van der Waals surface area contributed by atoms with E-state index in [1.54, 1.807) is 0 Å². The molecule has 0 aromatic rings. The van der Waals surface area contributed by atoms with Gasteiger partial charge in [0.25, 0.3) is 0 Å². The summed E-state index contributed by atoms with van der Waals surface area (Å²) in [7, 11) is 1.85. The number of rotatable bonds is 7. The lowest BCUT2D eigenvalue weighted by Crippen LogP contribution is -2.25. The predicted molar refractivity (Wildman–Crippen MR) is 65.1 cm³/mol. The average Bonchev–Trinajstić information content (AvgIpc) is 2.22. The maximum Gasteiger partial charge on any atom is 0.0558 e. The van der Waals surface area contributed by atoms with E-state index in [4.69, 9.17) is 10.2 Å². The Bertz CT molecular complexity index is 97.3. The van der Waals surface area contributed by atoms with Crippen molar-refractivity contribution in [3.8, 4) is 0 Å². The van der Waals surface area contributed by atoms with Crippen molar-refractivity contribution < 1.29 is 10.2 Å². The fraction of sp³-hybridized carbons (Fsp3) is 1.00. The first-order chi connectivity index (χ1) is 7.15. The zero-order valence-corrected chi connectivity index (χ0v) is 10.7. The number of likely N-dealkylation sites (N-methyl/N-ethyl adjacent to an activating group) is 1. The molecule has 0 radical (unpaired) electrons. The summed E-state index contributed by atoms with van der Waals surface area (Å²) in [5.41, 5.74) is 0. The summed E-state index contributed by atoms with van der Waals surface area (Å²) in [5, 5.41) is 16.7. The van der Waals surface area contributed by atoms with Gasteiger partial charge in [0.15, 0.2) is 0 Å². The van der Waals surface area contributed by atoms with Crippen LogP contribution in [0.1, 0.15) is 20.8 Å². The van der Waals surface area contributed by atoms with Gasteiger partial charge in [0, 0.05) is 13.1 Å². The van der Waals surface area contributed by atoms with Gasteiger partial charge in [-0.15, -0.1) is 0 Å². The summed E-state index contributed by atoms with van der Waals surface area (Å²) in [6.45, 7) is 11.7. The first-order valence-electron chi connectivity index (χ1n) is 5.78. The molecule has 94 valence electrons. The highest BCUT2D eigenvalue weighted by Crippen LogP contribution is 1.81. The Morgan fingerprint density at radius 3 is 1.27 bits per heavy atom. The van der Waals surface area contributed by atoms with E-state index in [-0.39, 0.29) is 13.2 Å². The molecule has 0 aromatic heterocycles.